The maximum atomic E-state index is 12.6. The largest absolute Gasteiger partial charge is 0.506 e. The molecule has 0 spiro atoms. The molecule has 0 aliphatic carbocycles. The number of nitrogens with one attached hydrogen (secondary N) is 1. The zero-order valence-corrected chi connectivity index (χ0v) is 18.2. The zero-order chi connectivity index (χ0) is 23.1. The molecule has 0 atom stereocenters. The van der Waals surface area contributed by atoms with Crippen LogP contribution in [0.5, 0.6) is 11.5 Å². The highest BCUT2D eigenvalue weighted by Crippen LogP contribution is 2.35. The molecule has 0 aliphatic rings. The molecule has 0 heterocycles. The highest BCUT2D eigenvalue weighted by molar-refractivity contribution is 6.37. The van der Waals surface area contributed by atoms with Crippen molar-refractivity contribution in [1.82, 2.24) is 4.90 Å². The minimum atomic E-state index is -0.740. The SMILES string of the molecule is CC(=O)Nc1cccc(OCCN(C)C(=O)/C(C#N)=C(\O)c2cc(Cl)c(O)c(Cl)c2)c1. The summed E-state index contributed by atoms with van der Waals surface area (Å²) in [6.45, 7) is 1.60. The minimum Gasteiger partial charge on any atom is -0.506 e. The highest BCUT2D eigenvalue weighted by atomic mass is 35.5. The maximum Gasteiger partial charge on any atom is 0.268 e. The van der Waals surface area contributed by atoms with E-state index in [1.54, 1.807) is 30.3 Å². The summed E-state index contributed by atoms with van der Waals surface area (Å²) in [7, 11) is 1.45. The maximum absolute atomic E-state index is 12.6. The van der Waals surface area contributed by atoms with E-state index in [4.69, 9.17) is 27.9 Å². The van der Waals surface area contributed by atoms with Gasteiger partial charge in [-0.2, -0.15) is 5.26 Å². The number of amides is 2. The Morgan fingerprint density at radius 2 is 1.87 bits per heavy atom. The van der Waals surface area contributed by atoms with E-state index in [0.29, 0.717) is 11.4 Å². The van der Waals surface area contributed by atoms with E-state index in [0.717, 1.165) is 0 Å². The average Bonchev–Trinajstić information content (AvgIpc) is 2.71. The molecule has 31 heavy (non-hydrogen) atoms. The smallest absolute Gasteiger partial charge is 0.268 e. The first-order chi connectivity index (χ1) is 14.6. The summed E-state index contributed by atoms with van der Waals surface area (Å²) in [6.07, 6.45) is 0. The predicted octanol–water partition coefficient (Wildman–Crippen LogP) is 3.99. The Bertz CT molecular complexity index is 1060. The second-order valence-electron chi connectivity index (χ2n) is 6.41. The molecule has 0 bridgehead atoms. The van der Waals surface area contributed by atoms with E-state index >= 15 is 0 Å². The van der Waals surface area contributed by atoms with E-state index in [9.17, 15) is 25.1 Å². The van der Waals surface area contributed by atoms with Crippen LogP contribution in [-0.2, 0) is 9.59 Å². The number of phenols is 1. The Morgan fingerprint density at radius 3 is 2.45 bits per heavy atom. The molecule has 10 heteroatoms. The average molecular weight is 464 g/mol. The molecule has 162 valence electrons. The van der Waals surface area contributed by atoms with Crippen molar-refractivity contribution in [2.24, 2.45) is 0 Å². The molecule has 0 aliphatic heterocycles. The number of carbonyl (C=O) groups excluding carboxylic acids is 2. The van der Waals surface area contributed by atoms with Crippen LogP contribution in [0.15, 0.2) is 42.0 Å². The summed E-state index contributed by atoms with van der Waals surface area (Å²) in [5.74, 6) is -1.46. The number of phenolic OH excluding ortho intramolecular Hbond substituents is 1. The van der Waals surface area contributed by atoms with Crippen molar-refractivity contribution in [2.75, 3.05) is 25.5 Å². The molecule has 2 aromatic carbocycles. The molecule has 0 radical (unpaired) electrons. The van der Waals surface area contributed by atoms with E-state index < -0.39 is 17.2 Å². The van der Waals surface area contributed by atoms with Crippen molar-refractivity contribution in [3.63, 3.8) is 0 Å². The molecule has 0 unspecified atom stereocenters. The topological polar surface area (TPSA) is 123 Å². The summed E-state index contributed by atoms with van der Waals surface area (Å²) >= 11 is 11.7. The number of rotatable bonds is 7. The lowest BCUT2D eigenvalue weighted by Crippen LogP contribution is -2.32. The number of carbonyl (C=O) groups is 2. The van der Waals surface area contributed by atoms with E-state index in [-0.39, 0.29) is 40.4 Å². The lowest BCUT2D eigenvalue weighted by Gasteiger charge is -2.18. The number of nitriles is 1. The second-order valence-corrected chi connectivity index (χ2v) is 7.22. The van der Waals surface area contributed by atoms with Gasteiger partial charge in [0, 0.05) is 31.3 Å². The number of benzene rings is 2. The number of aliphatic hydroxyl groups is 1. The van der Waals surface area contributed by atoms with Gasteiger partial charge < -0.3 is 25.2 Å². The van der Waals surface area contributed by atoms with Gasteiger partial charge >= 0.3 is 0 Å². The van der Waals surface area contributed by atoms with E-state index in [1.807, 2.05) is 0 Å². The first-order valence-corrected chi connectivity index (χ1v) is 9.67. The monoisotopic (exact) mass is 463 g/mol. The molecule has 3 N–H and O–H groups in total. The Hall–Kier alpha value is -3.41. The Labute approximate surface area is 188 Å². The van der Waals surface area contributed by atoms with Crippen LogP contribution >= 0.6 is 23.2 Å². The molecule has 8 nitrogen and oxygen atoms in total. The van der Waals surface area contributed by atoms with Crippen molar-refractivity contribution in [3.05, 3.63) is 57.6 Å². The van der Waals surface area contributed by atoms with Gasteiger partial charge in [-0.1, -0.05) is 29.3 Å². The summed E-state index contributed by atoms with van der Waals surface area (Å²) in [4.78, 5) is 24.9. The van der Waals surface area contributed by atoms with Crippen LogP contribution in [0.4, 0.5) is 5.69 Å². The molecule has 0 saturated heterocycles. The number of aromatic hydroxyl groups is 1. The number of hydrogen-bond acceptors (Lipinski definition) is 6. The number of anilines is 1. The molecule has 2 rings (SSSR count). The summed E-state index contributed by atoms with van der Waals surface area (Å²) in [6, 6.07) is 10.8. The lowest BCUT2D eigenvalue weighted by molar-refractivity contribution is -0.125. The quantitative estimate of drug-likeness (QED) is 0.324. The van der Waals surface area contributed by atoms with Crippen LogP contribution in [0.1, 0.15) is 12.5 Å². The van der Waals surface area contributed by atoms with Gasteiger partial charge in [-0.3, -0.25) is 9.59 Å². The number of halogens is 2. The summed E-state index contributed by atoms with van der Waals surface area (Å²) < 4.78 is 5.58. The fraction of sp³-hybridized carbons (Fsp3) is 0.190. The first kappa shape index (κ1) is 23.9. The molecule has 2 amide bonds. The van der Waals surface area contributed by atoms with Crippen LogP contribution in [0.2, 0.25) is 10.0 Å². The van der Waals surface area contributed by atoms with Gasteiger partial charge in [0.05, 0.1) is 16.6 Å². The standard InChI is InChI=1S/C21H19Cl2N3O5/c1-12(27)25-14-4-3-5-15(10-14)31-7-6-26(2)21(30)16(11-24)19(28)13-8-17(22)20(29)18(23)9-13/h3-5,8-10,28-29H,6-7H2,1-2H3,(H,25,27)/b19-16-. The van der Waals surface area contributed by atoms with Crippen LogP contribution in [0.3, 0.4) is 0 Å². The van der Waals surface area contributed by atoms with Gasteiger partial charge in [-0.25, -0.2) is 0 Å². The number of hydrogen-bond donors (Lipinski definition) is 3. The van der Waals surface area contributed by atoms with Crippen LogP contribution < -0.4 is 10.1 Å². The third-order valence-electron chi connectivity index (χ3n) is 4.05. The van der Waals surface area contributed by atoms with Crippen molar-refractivity contribution in [2.45, 2.75) is 6.92 Å². The molecule has 0 aromatic heterocycles. The van der Waals surface area contributed by atoms with Crippen LogP contribution in [-0.4, -0.2) is 47.1 Å². The van der Waals surface area contributed by atoms with E-state index in [2.05, 4.69) is 5.32 Å². The first-order valence-electron chi connectivity index (χ1n) is 8.91. The number of likely N-dealkylation sites (N-methyl/N-ethyl adjacent to an activating group) is 1. The van der Waals surface area contributed by atoms with Gasteiger partial charge in [0.15, 0.2) is 11.3 Å². The summed E-state index contributed by atoms with van der Waals surface area (Å²) in [5.41, 5.74) is 0.0605. The third kappa shape index (κ3) is 6.28. The Morgan fingerprint density at radius 1 is 1.23 bits per heavy atom. The van der Waals surface area contributed by atoms with Gasteiger partial charge in [0.1, 0.15) is 24.2 Å². The minimum absolute atomic E-state index is 0.0112. The normalized spacial score (nSPS) is 11.2. The summed E-state index contributed by atoms with van der Waals surface area (Å²) in [5, 5.41) is 31.8. The molecular weight excluding hydrogens is 445 g/mol. The predicted molar refractivity (Wildman–Crippen MR) is 117 cm³/mol. The van der Waals surface area contributed by atoms with Gasteiger partial charge in [-0.05, 0) is 24.3 Å². The fourth-order valence-corrected chi connectivity index (χ4v) is 3.00. The molecular formula is C21H19Cl2N3O5. The van der Waals surface area contributed by atoms with Crippen LogP contribution in [0, 0.1) is 11.3 Å². The van der Waals surface area contributed by atoms with Gasteiger partial charge in [0.2, 0.25) is 5.91 Å². The number of ether oxygens (including phenoxy) is 1. The fourth-order valence-electron chi connectivity index (χ4n) is 2.51. The third-order valence-corrected chi connectivity index (χ3v) is 4.63. The highest BCUT2D eigenvalue weighted by Gasteiger charge is 2.21. The Balaban J connectivity index is 2.08. The van der Waals surface area contributed by atoms with Crippen molar-refractivity contribution < 1.29 is 24.5 Å². The molecule has 2 aromatic rings. The van der Waals surface area contributed by atoms with Gasteiger partial charge in [-0.15, -0.1) is 0 Å². The zero-order valence-electron chi connectivity index (χ0n) is 16.6. The lowest BCUT2D eigenvalue weighted by atomic mass is 10.1. The molecule has 0 fully saturated rings. The van der Waals surface area contributed by atoms with Crippen molar-refractivity contribution >= 4 is 46.5 Å². The van der Waals surface area contributed by atoms with Crippen LogP contribution in [0.25, 0.3) is 5.76 Å². The van der Waals surface area contributed by atoms with Crippen molar-refractivity contribution in [1.29, 1.82) is 5.26 Å². The second kappa shape index (κ2) is 10.6. The number of aliphatic hydroxyl groups excluding tert-OH is 1. The van der Waals surface area contributed by atoms with E-state index in [1.165, 1.54) is 31.0 Å². The number of nitrogens with zero attached hydrogens (tertiary/aromatic N) is 2. The van der Waals surface area contributed by atoms with Crippen molar-refractivity contribution in [3.8, 4) is 17.6 Å². The van der Waals surface area contributed by atoms with Gasteiger partial charge in [0.25, 0.3) is 5.91 Å². The Kier molecular flexibility index (Phi) is 8.14. The molecule has 0 saturated carbocycles.